The predicted molar refractivity (Wildman–Crippen MR) is 55.1 cm³/mol. The zero-order valence-electron chi connectivity index (χ0n) is 6.53. The summed E-state index contributed by atoms with van der Waals surface area (Å²) < 4.78 is 0.879. The number of hydrogen-bond acceptors (Lipinski definition) is 3. The highest BCUT2D eigenvalue weighted by Crippen LogP contribution is 2.19. The highest BCUT2D eigenvalue weighted by atomic mass is 127. The molecule has 0 fully saturated rings. The highest BCUT2D eigenvalue weighted by molar-refractivity contribution is 14.1. The summed E-state index contributed by atoms with van der Waals surface area (Å²) in [4.78, 5) is 9.93. The lowest BCUT2D eigenvalue weighted by atomic mass is 10.1. The van der Waals surface area contributed by atoms with Crippen LogP contribution < -0.4 is 0 Å². The SMILES string of the molecule is N#CCc1cc([N+](=O)[O-])ccc1I. The topological polar surface area (TPSA) is 66.9 Å². The molecule has 66 valence electrons. The Bertz CT molecular complexity index is 384. The van der Waals surface area contributed by atoms with Crippen LogP contribution in [0, 0.1) is 25.0 Å². The summed E-state index contributed by atoms with van der Waals surface area (Å²) in [5.74, 6) is 0. The molecule has 1 aromatic rings. The summed E-state index contributed by atoms with van der Waals surface area (Å²) in [5.41, 5.74) is 0.739. The van der Waals surface area contributed by atoms with Crippen LogP contribution >= 0.6 is 22.6 Å². The van der Waals surface area contributed by atoms with Crippen LogP contribution in [-0.4, -0.2) is 4.92 Å². The van der Waals surface area contributed by atoms with E-state index in [-0.39, 0.29) is 12.1 Å². The van der Waals surface area contributed by atoms with Gasteiger partial charge in [-0.1, -0.05) is 0 Å². The molecule has 0 N–H and O–H groups in total. The van der Waals surface area contributed by atoms with Crippen LogP contribution in [-0.2, 0) is 6.42 Å². The third-order valence-corrected chi connectivity index (χ3v) is 2.56. The fraction of sp³-hybridized carbons (Fsp3) is 0.125. The van der Waals surface area contributed by atoms with Crippen molar-refractivity contribution in [1.29, 1.82) is 5.26 Å². The molecule has 0 bridgehead atoms. The lowest BCUT2D eigenvalue weighted by molar-refractivity contribution is -0.384. The Balaban J connectivity index is 3.12. The summed E-state index contributed by atoms with van der Waals surface area (Å²) in [6, 6.07) is 6.48. The number of non-ortho nitro benzene ring substituents is 1. The van der Waals surface area contributed by atoms with E-state index in [0.29, 0.717) is 5.56 Å². The molecule has 0 aliphatic carbocycles. The lowest BCUT2D eigenvalue weighted by Gasteiger charge is -1.98. The number of nitriles is 1. The van der Waals surface area contributed by atoms with Gasteiger partial charge in [-0.15, -0.1) is 0 Å². The maximum absolute atomic E-state index is 10.4. The Morgan fingerprint density at radius 2 is 2.31 bits per heavy atom. The molecule has 0 saturated carbocycles. The van der Waals surface area contributed by atoms with E-state index in [2.05, 4.69) is 22.6 Å². The first-order valence-electron chi connectivity index (χ1n) is 3.45. The second-order valence-electron chi connectivity index (χ2n) is 2.37. The van der Waals surface area contributed by atoms with E-state index in [0.717, 1.165) is 3.57 Å². The summed E-state index contributed by atoms with van der Waals surface area (Å²) in [6.45, 7) is 0. The molecule has 0 aliphatic heterocycles. The smallest absolute Gasteiger partial charge is 0.258 e. The van der Waals surface area contributed by atoms with Gasteiger partial charge in [0.2, 0.25) is 0 Å². The maximum Gasteiger partial charge on any atom is 0.269 e. The van der Waals surface area contributed by atoms with E-state index in [1.165, 1.54) is 12.1 Å². The van der Waals surface area contributed by atoms with E-state index in [4.69, 9.17) is 5.26 Å². The Kier molecular flexibility index (Phi) is 3.19. The van der Waals surface area contributed by atoms with Crippen LogP contribution in [0.5, 0.6) is 0 Å². The van der Waals surface area contributed by atoms with Crippen molar-refractivity contribution in [3.63, 3.8) is 0 Å². The lowest BCUT2D eigenvalue weighted by Crippen LogP contribution is -1.92. The quantitative estimate of drug-likeness (QED) is 0.476. The van der Waals surface area contributed by atoms with Crippen molar-refractivity contribution in [3.8, 4) is 6.07 Å². The molecule has 13 heavy (non-hydrogen) atoms. The van der Waals surface area contributed by atoms with Crippen LogP contribution in [0.3, 0.4) is 0 Å². The Morgan fingerprint density at radius 1 is 1.62 bits per heavy atom. The summed E-state index contributed by atoms with van der Waals surface area (Å²) in [6.07, 6.45) is 0.208. The molecule has 0 aromatic heterocycles. The van der Waals surface area contributed by atoms with Crippen LogP contribution in [0.2, 0.25) is 0 Å². The van der Waals surface area contributed by atoms with Gasteiger partial charge in [0.15, 0.2) is 0 Å². The van der Waals surface area contributed by atoms with Crippen LogP contribution in [0.1, 0.15) is 5.56 Å². The molecule has 0 atom stereocenters. The molecule has 4 nitrogen and oxygen atoms in total. The fourth-order valence-electron chi connectivity index (χ4n) is 0.895. The van der Waals surface area contributed by atoms with Gasteiger partial charge in [-0.3, -0.25) is 10.1 Å². The van der Waals surface area contributed by atoms with Gasteiger partial charge in [0.1, 0.15) is 0 Å². The summed E-state index contributed by atoms with van der Waals surface area (Å²) >= 11 is 2.05. The molecular weight excluding hydrogens is 283 g/mol. The fourth-order valence-corrected chi connectivity index (χ4v) is 1.42. The molecule has 0 amide bonds. The van der Waals surface area contributed by atoms with Crippen LogP contribution in [0.15, 0.2) is 18.2 Å². The van der Waals surface area contributed by atoms with E-state index < -0.39 is 4.92 Å². The molecule has 0 aliphatic rings. The van der Waals surface area contributed by atoms with Crippen molar-refractivity contribution in [2.24, 2.45) is 0 Å². The van der Waals surface area contributed by atoms with Gasteiger partial charge < -0.3 is 0 Å². The van der Waals surface area contributed by atoms with Gasteiger partial charge in [0.25, 0.3) is 5.69 Å². The zero-order chi connectivity index (χ0) is 9.84. The first kappa shape index (κ1) is 9.92. The van der Waals surface area contributed by atoms with Crippen molar-refractivity contribution in [2.45, 2.75) is 6.42 Å². The van der Waals surface area contributed by atoms with Crippen molar-refractivity contribution < 1.29 is 4.92 Å². The number of benzene rings is 1. The van der Waals surface area contributed by atoms with Gasteiger partial charge >= 0.3 is 0 Å². The van der Waals surface area contributed by atoms with E-state index >= 15 is 0 Å². The van der Waals surface area contributed by atoms with Crippen LogP contribution in [0.25, 0.3) is 0 Å². The average molecular weight is 288 g/mol. The number of nitro benzene ring substituents is 1. The minimum atomic E-state index is -0.461. The Morgan fingerprint density at radius 3 is 2.85 bits per heavy atom. The van der Waals surface area contributed by atoms with E-state index in [1.807, 2.05) is 6.07 Å². The third-order valence-electron chi connectivity index (χ3n) is 1.51. The minimum absolute atomic E-state index is 0.0330. The first-order valence-corrected chi connectivity index (χ1v) is 4.53. The van der Waals surface area contributed by atoms with Crippen molar-refractivity contribution >= 4 is 28.3 Å². The number of hydrogen-bond donors (Lipinski definition) is 0. The monoisotopic (exact) mass is 288 g/mol. The maximum atomic E-state index is 10.4. The van der Waals surface area contributed by atoms with Crippen molar-refractivity contribution in [2.75, 3.05) is 0 Å². The zero-order valence-corrected chi connectivity index (χ0v) is 8.69. The molecule has 0 heterocycles. The Labute approximate surface area is 88.5 Å². The number of nitro groups is 1. The predicted octanol–water partition coefficient (Wildman–Crippen LogP) is 2.27. The first-order chi connectivity index (χ1) is 6.15. The van der Waals surface area contributed by atoms with Crippen molar-refractivity contribution in [3.05, 3.63) is 37.4 Å². The summed E-state index contributed by atoms with van der Waals surface area (Å²) in [5, 5.41) is 18.8. The van der Waals surface area contributed by atoms with Gasteiger partial charge in [0, 0.05) is 15.7 Å². The van der Waals surface area contributed by atoms with Gasteiger partial charge in [-0.25, -0.2) is 0 Å². The molecule has 0 spiro atoms. The molecular formula is C8H5IN2O2. The average Bonchev–Trinajstić information content (AvgIpc) is 2.08. The number of nitrogens with zero attached hydrogens (tertiary/aromatic N) is 2. The molecule has 0 saturated heterocycles. The standard InChI is InChI=1S/C8H5IN2O2/c9-8-2-1-7(11(12)13)5-6(8)3-4-10/h1-2,5H,3H2. The third kappa shape index (κ3) is 2.39. The van der Waals surface area contributed by atoms with Gasteiger partial charge in [-0.2, -0.15) is 5.26 Å². The normalized spacial score (nSPS) is 9.23. The minimum Gasteiger partial charge on any atom is -0.258 e. The van der Waals surface area contributed by atoms with Crippen molar-refractivity contribution in [1.82, 2.24) is 0 Å². The van der Waals surface area contributed by atoms with Gasteiger partial charge in [0.05, 0.1) is 17.4 Å². The van der Waals surface area contributed by atoms with Gasteiger partial charge in [-0.05, 0) is 34.2 Å². The van der Waals surface area contributed by atoms with E-state index in [1.54, 1.807) is 6.07 Å². The van der Waals surface area contributed by atoms with Crippen LogP contribution in [0.4, 0.5) is 5.69 Å². The Hall–Kier alpha value is -1.16. The number of rotatable bonds is 2. The second kappa shape index (κ2) is 4.18. The molecule has 5 heteroatoms. The molecule has 1 rings (SSSR count). The largest absolute Gasteiger partial charge is 0.269 e. The van der Waals surface area contributed by atoms with E-state index in [9.17, 15) is 10.1 Å². The second-order valence-corrected chi connectivity index (χ2v) is 3.53. The molecule has 1 aromatic carbocycles. The summed E-state index contributed by atoms with van der Waals surface area (Å²) in [7, 11) is 0. The molecule has 0 unspecified atom stereocenters. The number of halogens is 1. The highest BCUT2D eigenvalue weighted by Gasteiger charge is 2.08. The molecule has 0 radical (unpaired) electrons.